The van der Waals surface area contributed by atoms with Gasteiger partial charge in [-0.05, 0) is 31.7 Å². The van der Waals surface area contributed by atoms with Crippen LogP contribution in [0.4, 0.5) is 0 Å². The summed E-state index contributed by atoms with van der Waals surface area (Å²) in [5, 5.41) is 9.19. The summed E-state index contributed by atoms with van der Waals surface area (Å²) in [6.07, 6.45) is 1.78. The maximum absolute atomic E-state index is 12.4. The summed E-state index contributed by atoms with van der Waals surface area (Å²) in [7, 11) is -3.82. The Morgan fingerprint density at radius 3 is 2.62 bits per heavy atom. The molecule has 2 N–H and O–H groups in total. The number of benzene rings is 1. The van der Waals surface area contributed by atoms with Crippen molar-refractivity contribution in [3.05, 3.63) is 35.9 Å². The second kappa shape index (κ2) is 6.55. The normalized spacial score (nSPS) is 21.9. The Morgan fingerprint density at radius 1 is 1.33 bits per heavy atom. The second-order valence-corrected chi connectivity index (χ2v) is 6.87. The van der Waals surface area contributed by atoms with Crippen LogP contribution in [-0.4, -0.2) is 36.4 Å². The van der Waals surface area contributed by atoms with E-state index >= 15 is 0 Å². The van der Waals surface area contributed by atoms with E-state index in [2.05, 4.69) is 4.72 Å². The topological polar surface area (TPSA) is 86.7 Å². The van der Waals surface area contributed by atoms with Crippen molar-refractivity contribution in [1.29, 1.82) is 0 Å². The van der Waals surface area contributed by atoms with Crippen LogP contribution >= 0.6 is 0 Å². The molecule has 0 radical (unpaired) electrons. The number of hydrogen-bond acceptors (Lipinski definition) is 3. The van der Waals surface area contributed by atoms with Gasteiger partial charge in [-0.15, -0.1) is 0 Å². The van der Waals surface area contributed by atoms with Crippen LogP contribution in [-0.2, 0) is 15.0 Å². The number of rotatable bonds is 5. The van der Waals surface area contributed by atoms with Crippen molar-refractivity contribution in [3.8, 4) is 0 Å². The summed E-state index contributed by atoms with van der Waals surface area (Å²) in [5.74, 6) is -1.09. The lowest BCUT2D eigenvalue weighted by atomic mass is 10.1. The minimum absolute atomic E-state index is 0.244. The fraction of sp³-hybridized carbons (Fsp3) is 0.500. The van der Waals surface area contributed by atoms with Crippen LogP contribution in [0.3, 0.4) is 0 Å². The van der Waals surface area contributed by atoms with Gasteiger partial charge < -0.3 is 5.11 Å². The SMILES string of the molecule is CC(NS(=O)(=O)N1CCCCC1C(=O)O)c1ccccc1. The average Bonchev–Trinajstić information content (AvgIpc) is 2.47. The van der Waals surface area contributed by atoms with Crippen molar-refractivity contribution in [2.45, 2.75) is 38.3 Å². The fourth-order valence-electron chi connectivity index (χ4n) is 2.54. The Balaban J connectivity index is 2.15. The van der Waals surface area contributed by atoms with Gasteiger partial charge in [-0.2, -0.15) is 17.4 Å². The van der Waals surface area contributed by atoms with Gasteiger partial charge in [-0.25, -0.2) is 0 Å². The predicted octanol–water partition coefficient (Wildman–Crippen LogP) is 1.52. The molecule has 1 fully saturated rings. The Hall–Kier alpha value is -1.44. The molecule has 1 aliphatic rings. The van der Waals surface area contributed by atoms with Gasteiger partial charge in [0.15, 0.2) is 0 Å². The van der Waals surface area contributed by atoms with Gasteiger partial charge in [-0.3, -0.25) is 4.79 Å². The first kappa shape index (κ1) is 15.9. The lowest BCUT2D eigenvalue weighted by molar-refractivity contribution is -0.142. The number of carbonyl (C=O) groups is 1. The summed E-state index contributed by atoms with van der Waals surface area (Å²) in [5.41, 5.74) is 0.838. The van der Waals surface area contributed by atoms with E-state index < -0.39 is 28.3 Å². The maximum Gasteiger partial charge on any atom is 0.322 e. The van der Waals surface area contributed by atoms with E-state index in [0.29, 0.717) is 12.8 Å². The third-order valence-corrected chi connectivity index (χ3v) is 5.38. The van der Waals surface area contributed by atoms with Crippen molar-refractivity contribution in [2.75, 3.05) is 6.54 Å². The van der Waals surface area contributed by atoms with Crippen LogP contribution < -0.4 is 4.72 Å². The molecule has 2 atom stereocenters. The molecule has 2 unspecified atom stereocenters. The minimum Gasteiger partial charge on any atom is -0.480 e. The molecule has 1 aromatic carbocycles. The Morgan fingerprint density at radius 2 is 2.00 bits per heavy atom. The first-order valence-electron chi connectivity index (χ1n) is 6.98. The van der Waals surface area contributed by atoms with Gasteiger partial charge in [0.05, 0.1) is 0 Å². The maximum atomic E-state index is 12.4. The van der Waals surface area contributed by atoms with Crippen molar-refractivity contribution in [3.63, 3.8) is 0 Å². The lowest BCUT2D eigenvalue weighted by Crippen LogP contribution is -2.52. The molecule has 1 heterocycles. The lowest BCUT2D eigenvalue weighted by Gasteiger charge is -2.32. The summed E-state index contributed by atoms with van der Waals surface area (Å²) < 4.78 is 28.5. The summed E-state index contributed by atoms with van der Waals surface area (Å²) in [6, 6.07) is 7.81. The highest BCUT2D eigenvalue weighted by atomic mass is 32.2. The summed E-state index contributed by atoms with van der Waals surface area (Å²) in [4.78, 5) is 11.2. The monoisotopic (exact) mass is 312 g/mol. The minimum atomic E-state index is -3.82. The zero-order chi connectivity index (χ0) is 15.5. The molecule has 7 heteroatoms. The molecule has 0 aromatic heterocycles. The fourth-order valence-corrected chi connectivity index (χ4v) is 4.16. The van der Waals surface area contributed by atoms with E-state index in [1.54, 1.807) is 6.92 Å². The largest absolute Gasteiger partial charge is 0.480 e. The molecule has 1 aliphatic heterocycles. The molecule has 116 valence electrons. The van der Waals surface area contributed by atoms with Gasteiger partial charge in [0.1, 0.15) is 6.04 Å². The average molecular weight is 312 g/mol. The molecule has 0 amide bonds. The molecule has 0 saturated carbocycles. The van der Waals surface area contributed by atoms with Crippen LogP contribution in [0.15, 0.2) is 30.3 Å². The number of nitrogens with zero attached hydrogens (tertiary/aromatic N) is 1. The molecule has 0 spiro atoms. The first-order chi connectivity index (χ1) is 9.92. The number of nitrogens with one attached hydrogen (secondary N) is 1. The third-order valence-electron chi connectivity index (χ3n) is 3.67. The van der Waals surface area contributed by atoms with Gasteiger partial charge in [0.25, 0.3) is 10.2 Å². The standard InChI is InChI=1S/C14H20N2O4S/c1-11(12-7-3-2-4-8-12)15-21(19,20)16-10-6-5-9-13(16)14(17)18/h2-4,7-8,11,13,15H,5-6,9-10H2,1H3,(H,17,18). The number of carboxylic acids is 1. The van der Waals surface area contributed by atoms with Crippen LogP contribution in [0.25, 0.3) is 0 Å². The van der Waals surface area contributed by atoms with Crippen LogP contribution in [0, 0.1) is 0 Å². The number of carboxylic acid groups (broad SMARTS) is 1. The summed E-state index contributed by atoms with van der Waals surface area (Å²) >= 11 is 0. The molecule has 1 aromatic rings. The first-order valence-corrected chi connectivity index (χ1v) is 8.42. The van der Waals surface area contributed by atoms with Crippen molar-refractivity contribution in [2.24, 2.45) is 0 Å². The molecule has 21 heavy (non-hydrogen) atoms. The molecule has 6 nitrogen and oxygen atoms in total. The van der Waals surface area contributed by atoms with E-state index in [-0.39, 0.29) is 6.54 Å². The van der Waals surface area contributed by atoms with Gasteiger partial charge >= 0.3 is 5.97 Å². The van der Waals surface area contributed by atoms with E-state index in [9.17, 15) is 18.3 Å². The van der Waals surface area contributed by atoms with Gasteiger partial charge in [0, 0.05) is 12.6 Å². The number of piperidine rings is 1. The van der Waals surface area contributed by atoms with E-state index in [0.717, 1.165) is 16.3 Å². The third kappa shape index (κ3) is 3.81. The summed E-state index contributed by atoms with van der Waals surface area (Å²) in [6.45, 7) is 1.99. The van der Waals surface area contributed by atoms with Crippen molar-refractivity contribution < 1.29 is 18.3 Å². The van der Waals surface area contributed by atoms with Crippen LogP contribution in [0.2, 0.25) is 0 Å². The predicted molar refractivity (Wildman–Crippen MR) is 78.9 cm³/mol. The Bertz CT molecular complexity index is 588. The smallest absolute Gasteiger partial charge is 0.322 e. The van der Waals surface area contributed by atoms with Crippen LogP contribution in [0.1, 0.15) is 37.8 Å². The molecule has 0 bridgehead atoms. The zero-order valence-corrected chi connectivity index (χ0v) is 12.7. The molecule has 1 saturated heterocycles. The highest BCUT2D eigenvalue weighted by Gasteiger charge is 2.37. The molecular formula is C14H20N2O4S. The molecule has 0 aliphatic carbocycles. The molecule has 2 rings (SSSR count). The van der Waals surface area contributed by atoms with E-state index in [1.807, 2.05) is 30.3 Å². The quantitative estimate of drug-likeness (QED) is 0.863. The molecular weight excluding hydrogens is 292 g/mol. The van der Waals surface area contributed by atoms with Gasteiger partial charge in [-0.1, -0.05) is 30.3 Å². The number of aliphatic carboxylic acids is 1. The highest BCUT2D eigenvalue weighted by molar-refractivity contribution is 7.87. The van der Waals surface area contributed by atoms with Crippen LogP contribution in [0.5, 0.6) is 0 Å². The number of hydrogen-bond donors (Lipinski definition) is 2. The van der Waals surface area contributed by atoms with Crippen molar-refractivity contribution in [1.82, 2.24) is 9.03 Å². The zero-order valence-electron chi connectivity index (χ0n) is 11.9. The highest BCUT2D eigenvalue weighted by Crippen LogP contribution is 2.22. The van der Waals surface area contributed by atoms with Crippen molar-refractivity contribution >= 4 is 16.2 Å². The Kier molecular flexibility index (Phi) is 4.97. The van der Waals surface area contributed by atoms with Gasteiger partial charge in [0.2, 0.25) is 0 Å². The van der Waals surface area contributed by atoms with E-state index in [4.69, 9.17) is 0 Å². The Labute approximate surface area is 125 Å². The second-order valence-electron chi connectivity index (χ2n) is 5.22. The van der Waals surface area contributed by atoms with E-state index in [1.165, 1.54) is 0 Å².